The minimum atomic E-state index is -2.49. The van der Waals surface area contributed by atoms with Gasteiger partial charge in [-0.05, 0) is 126 Å². The lowest BCUT2D eigenvalue weighted by molar-refractivity contribution is 0.194. The predicted molar refractivity (Wildman–Crippen MR) is 231 cm³/mol. The van der Waals surface area contributed by atoms with Crippen molar-refractivity contribution in [2.45, 2.75) is 97.1 Å². The lowest BCUT2D eigenvalue weighted by Gasteiger charge is -2.41. The van der Waals surface area contributed by atoms with Gasteiger partial charge in [-0.1, -0.05) is 18.9 Å². The maximum absolute atomic E-state index is 15.5. The molecule has 0 bridgehead atoms. The van der Waals surface area contributed by atoms with Gasteiger partial charge in [0, 0.05) is 19.8 Å². The summed E-state index contributed by atoms with van der Waals surface area (Å²) in [4.78, 5) is 53.5. The fourth-order valence-corrected chi connectivity index (χ4v) is 27.2. The van der Waals surface area contributed by atoms with Gasteiger partial charge in [0.15, 0.2) is 22.5 Å². The van der Waals surface area contributed by atoms with Crippen LogP contribution in [0.1, 0.15) is 31.2 Å². The van der Waals surface area contributed by atoms with Gasteiger partial charge in [0.2, 0.25) is 0 Å². The van der Waals surface area contributed by atoms with E-state index < -0.39 is 67.6 Å². The fourth-order valence-electron chi connectivity index (χ4n) is 7.67. The highest BCUT2D eigenvalue weighted by Crippen LogP contribution is 2.29. The van der Waals surface area contributed by atoms with Gasteiger partial charge in [0.25, 0.3) is 22.2 Å². The van der Waals surface area contributed by atoms with Crippen LogP contribution in [0.5, 0.6) is 5.75 Å². The van der Waals surface area contributed by atoms with E-state index in [0.29, 0.717) is 27.7 Å². The van der Waals surface area contributed by atoms with Gasteiger partial charge in [-0.3, -0.25) is 19.2 Å². The second kappa shape index (κ2) is 17.3. The summed E-state index contributed by atoms with van der Waals surface area (Å²) in [7, 11) is -7.20. The molecule has 0 aliphatic rings. The molecule has 0 aliphatic carbocycles. The number of methoxy groups -OCH3 is 1. The standard InChI is InChI=1S/C40H54F2N2O9Si4/c1-27-15-17-35(33(41)23-27)43-37(45)29-25-31-32(26-30(29)38(43)46)40(48)44(39(31)47)36-18-16-28(24-34(36)42)50-20-12-14-22-55(5,6)52-57(9,10)53-56(7,8)51-54(3,4)21-13-11-19-49-2/h15-18,23-26H,11-14,19-22H2,1-10H3. The number of rotatable bonds is 19. The number of halogens is 2. The number of nitrogens with zero attached hydrogens (tertiary/aromatic N) is 2. The molecule has 0 fully saturated rings. The lowest BCUT2D eigenvalue weighted by atomic mass is 10.1. The maximum atomic E-state index is 15.5. The number of hydrogen-bond acceptors (Lipinski definition) is 9. The average molecular weight is 857 g/mol. The fraction of sp³-hybridized carbons (Fsp3) is 0.450. The molecule has 2 heterocycles. The molecule has 308 valence electrons. The molecule has 0 spiro atoms. The van der Waals surface area contributed by atoms with Crippen LogP contribution >= 0.6 is 0 Å². The molecule has 5 rings (SSSR count). The van der Waals surface area contributed by atoms with Gasteiger partial charge in [0.1, 0.15) is 11.6 Å². The highest BCUT2D eigenvalue weighted by molar-refractivity contribution is 6.89. The number of hydrogen-bond donors (Lipinski definition) is 0. The Balaban J connectivity index is 1.20. The molecular weight excluding hydrogens is 803 g/mol. The minimum absolute atomic E-state index is 0.149. The highest BCUT2D eigenvalue weighted by atomic mass is 28.5. The maximum Gasteiger partial charge on any atom is 0.312 e. The molecular formula is C40H54F2N2O9Si4. The Morgan fingerprint density at radius 1 is 0.544 bits per heavy atom. The van der Waals surface area contributed by atoms with Crippen molar-refractivity contribution in [2.75, 3.05) is 20.3 Å². The highest BCUT2D eigenvalue weighted by Gasteiger charge is 2.43. The Morgan fingerprint density at radius 2 is 0.965 bits per heavy atom. The third kappa shape index (κ3) is 10.5. The Hall–Kier alpha value is -3.69. The Morgan fingerprint density at radius 3 is 1.39 bits per heavy atom. The van der Waals surface area contributed by atoms with Crippen molar-refractivity contribution in [1.29, 1.82) is 0 Å². The van der Waals surface area contributed by atoms with E-state index in [4.69, 9.17) is 21.8 Å². The van der Waals surface area contributed by atoms with E-state index in [1.165, 1.54) is 24.3 Å². The summed E-state index contributed by atoms with van der Waals surface area (Å²) in [5.41, 5.74) is -3.30. The summed E-state index contributed by atoms with van der Waals surface area (Å²) in [6, 6.07) is 12.2. The molecule has 0 N–H and O–H groups in total. The van der Waals surface area contributed by atoms with Crippen LogP contribution in [-0.4, -0.2) is 63.2 Å². The van der Waals surface area contributed by atoms with Crippen LogP contribution in [0, 0.1) is 18.6 Å². The average Bonchev–Trinajstić information content (AvgIpc) is 3.47. The molecule has 0 atom stereocenters. The topological polar surface area (TPSA) is 124 Å². The molecule has 2 aromatic heterocycles. The molecule has 17 heteroatoms. The first-order valence-electron chi connectivity index (χ1n) is 19.3. The number of fused-ring (bicyclic) bond motifs is 2. The van der Waals surface area contributed by atoms with E-state index >= 15 is 4.39 Å². The molecule has 57 heavy (non-hydrogen) atoms. The second-order valence-electron chi connectivity index (χ2n) is 16.8. The van der Waals surface area contributed by atoms with Crippen LogP contribution in [0.3, 0.4) is 0 Å². The Labute approximate surface area is 335 Å². The third-order valence-electron chi connectivity index (χ3n) is 9.75. The van der Waals surface area contributed by atoms with E-state index in [1.54, 1.807) is 20.1 Å². The summed E-state index contributed by atoms with van der Waals surface area (Å²) in [5, 5.41) is -0.617. The molecule has 3 aromatic carbocycles. The molecule has 0 radical (unpaired) electrons. The van der Waals surface area contributed by atoms with E-state index in [0.717, 1.165) is 56.2 Å². The smallest absolute Gasteiger partial charge is 0.312 e. The van der Waals surface area contributed by atoms with Crippen molar-refractivity contribution < 1.29 is 30.6 Å². The number of aromatic nitrogens is 2. The van der Waals surface area contributed by atoms with Crippen LogP contribution in [0.15, 0.2) is 67.7 Å². The third-order valence-corrected chi connectivity index (χ3v) is 25.2. The van der Waals surface area contributed by atoms with Gasteiger partial charge in [-0.2, -0.15) is 0 Å². The number of aryl methyl sites for hydroxylation is 1. The van der Waals surface area contributed by atoms with Crippen LogP contribution in [-0.2, 0) is 17.1 Å². The first-order valence-corrected chi connectivity index (χ1v) is 31.2. The molecule has 5 aromatic rings. The largest absolute Gasteiger partial charge is 0.493 e. The monoisotopic (exact) mass is 856 g/mol. The summed E-state index contributed by atoms with van der Waals surface area (Å²) in [6.45, 7) is 20.0. The van der Waals surface area contributed by atoms with Crippen LogP contribution in [0.25, 0.3) is 32.9 Å². The van der Waals surface area contributed by atoms with E-state index in [1.807, 2.05) is 0 Å². The van der Waals surface area contributed by atoms with Gasteiger partial charge in [-0.25, -0.2) is 17.9 Å². The normalized spacial score (nSPS) is 13.0. The van der Waals surface area contributed by atoms with Crippen molar-refractivity contribution >= 4 is 55.3 Å². The van der Waals surface area contributed by atoms with Crippen LogP contribution < -0.4 is 27.0 Å². The van der Waals surface area contributed by atoms with Gasteiger partial charge in [0.05, 0.1) is 39.5 Å². The van der Waals surface area contributed by atoms with E-state index in [9.17, 15) is 23.6 Å². The van der Waals surface area contributed by atoms with Gasteiger partial charge < -0.3 is 21.8 Å². The number of unbranched alkanes of at least 4 members (excludes halogenated alkanes) is 2. The summed E-state index contributed by atoms with van der Waals surface area (Å²) >= 11 is 0. The van der Waals surface area contributed by atoms with Crippen molar-refractivity contribution in [2.24, 2.45) is 0 Å². The minimum Gasteiger partial charge on any atom is -0.493 e. The molecule has 0 saturated carbocycles. The quantitative estimate of drug-likeness (QED) is 0.0602. The van der Waals surface area contributed by atoms with Gasteiger partial charge in [-0.15, -0.1) is 0 Å². The van der Waals surface area contributed by atoms with Crippen molar-refractivity contribution in [1.82, 2.24) is 9.13 Å². The lowest BCUT2D eigenvalue weighted by Crippen LogP contribution is -2.56. The number of ether oxygens (including phenoxy) is 2. The zero-order valence-electron chi connectivity index (χ0n) is 34.6. The first-order chi connectivity index (χ1) is 26.6. The number of benzene rings is 3. The van der Waals surface area contributed by atoms with Crippen LogP contribution in [0.4, 0.5) is 8.78 Å². The SMILES string of the molecule is COCCCC[Si](C)(C)O[Si](C)(C)O[Si](C)(C)O[Si](C)(C)CCCCOc1ccc(-n2c(=O)c3cc4c(=O)n(-c5ccc(C)cc5F)c(=O)c4cc3c2=O)c(F)c1. The van der Waals surface area contributed by atoms with E-state index in [2.05, 4.69) is 52.4 Å². The predicted octanol–water partition coefficient (Wildman–Crippen LogP) is 7.93. The zero-order valence-corrected chi connectivity index (χ0v) is 38.6. The van der Waals surface area contributed by atoms with Crippen molar-refractivity contribution in [3.63, 3.8) is 0 Å². The Bertz CT molecular complexity index is 2390. The molecule has 0 amide bonds. The summed E-state index contributed by atoms with van der Waals surface area (Å²) < 4.78 is 62.8. The second-order valence-corrected chi connectivity index (χ2v) is 32.9. The van der Waals surface area contributed by atoms with Gasteiger partial charge >= 0.3 is 17.1 Å². The van der Waals surface area contributed by atoms with Crippen LogP contribution in [0.2, 0.25) is 64.5 Å². The van der Waals surface area contributed by atoms with E-state index in [-0.39, 0.29) is 38.7 Å². The summed E-state index contributed by atoms with van der Waals surface area (Å²) in [6.07, 6.45) is 3.64. The van der Waals surface area contributed by atoms with Crippen molar-refractivity contribution in [3.05, 3.63) is 107 Å². The molecule has 0 aliphatic heterocycles. The first kappa shape index (κ1) is 44.4. The molecule has 0 saturated heterocycles. The Kier molecular flexibility index (Phi) is 13.5. The molecule has 11 nitrogen and oxygen atoms in total. The zero-order chi connectivity index (χ0) is 42.1. The van der Waals surface area contributed by atoms with Crippen molar-refractivity contribution in [3.8, 4) is 17.1 Å². The summed E-state index contributed by atoms with van der Waals surface area (Å²) in [5.74, 6) is -1.39. The molecule has 0 unspecified atom stereocenters.